The monoisotopic (exact) mass is 291 g/mol. The van der Waals surface area contributed by atoms with E-state index >= 15 is 0 Å². The molecule has 108 valence electrons. The third-order valence-corrected chi connectivity index (χ3v) is 4.54. The van der Waals surface area contributed by atoms with Gasteiger partial charge in [-0.3, -0.25) is 9.58 Å². The van der Waals surface area contributed by atoms with Crippen molar-refractivity contribution in [2.24, 2.45) is 0 Å². The van der Waals surface area contributed by atoms with E-state index in [-0.39, 0.29) is 0 Å². The van der Waals surface area contributed by atoms with Gasteiger partial charge in [0, 0.05) is 51.0 Å². The van der Waals surface area contributed by atoms with E-state index in [1.807, 2.05) is 4.68 Å². The summed E-state index contributed by atoms with van der Waals surface area (Å²) in [6.07, 6.45) is 2.19. The minimum absolute atomic E-state index is 0.384. The SMILES string of the molecule is CCn1cc2c(n1)C(COC)CN(Cc1ccsc1)C2. The van der Waals surface area contributed by atoms with E-state index in [0.717, 1.165) is 32.8 Å². The number of hydrogen-bond acceptors (Lipinski definition) is 4. The van der Waals surface area contributed by atoms with Crippen molar-refractivity contribution in [1.82, 2.24) is 14.7 Å². The van der Waals surface area contributed by atoms with Gasteiger partial charge < -0.3 is 4.74 Å². The van der Waals surface area contributed by atoms with Crippen molar-refractivity contribution in [3.8, 4) is 0 Å². The molecule has 4 nitrogen and oxygen atoms in total. The summed E-state index contributed by atoms with van der Waals surface area (Å²) >= 11 is 1.76. The molecule has 0 fully saturated rings. The van der Waals surface area contributed by atoms with Gasteiger partial charge in [-0.05, 0) is 29.3 Å². The molecule has 0 aromatic carbocycles. The summed E-state index contributed by atoms with van der Waals surface area (Å²) in [4.78, 5) is 2.50. The van der Waals surface area contributed by atoms with Gasteiger partial charge in [-0.15, -0.1) is 0 Å². The van der Waals surface area contributed by atoms with Crippen molar-refractivity contribution in [3.63, 3.8) is 0 Å². The fraction of sp³-hybridized carbons (Fsp3) is 0.533. The van der Waals surface area contributed by atoms with Crippen LogP contribution >= 0.6 is 11.3 Å². The molecule has 1 aliphatic heterocycles. The van der Waals surface area contributed by atoms with Crippen LogP contribution in [0, 0.1) is 0 Å². The number of nitrogens with zero attached hydrogens (tertiary/aromatic N) is 3. The summed E-state index contributed by atoms with van der Waals surface area (Å²) in [5.74, 6) is 0.384. The fourth-order valence-electron chi connectivity index (χ4n) is 2.90. The molecule has 0 N–H and O–H groups in total. The summed E-state index contributed by atoms with van der Waals surface area (Å²) in [6.45, 7) is 6.83. The Balaban J connectivity index is 1.80. The zero-order valence-corrected chi connectivity index (χ0v) is 12.9. The summed E-state index contributed by atoms with van der Waals surface area (Å²) in [7, 11) is 1.77. The number of rotatable bonds is 5. The average Bonchev–Trinajstić information content (AvgIpc) is 3.08. The van der Waals surface area contributed by atoms with Crippen molar-refractivity contribution in [2.75, 3.05) is 20.3 Å². The molecular weight excluding hydrogens is 270 g/mol. The first-order chi connectivity index (χ1) is 9.80. The van der Waals surface area contributed by atoms with Crippen LogP contribution in [0.15, 0.2) is 23.0 Å². The average molecular weight is 291 g/mol. The number of methoxy groups -OCH3 is 1. The second kappa shape index (κ2) is 6.08. The smallest absolute Gasteiger partial charge is 0.0736 e. The molecule has 0 amide bonds. The molecule has 0 spiro atoms. The maximum absolute atomic E-state index is 5.39. The Kier molecular flexibility index (Phi) is 4.19. The standard InChI is InChI=1S/C15H21N3OS/c1-3-18-9-13-7-17(6-12-4-5-20-11-12)8-14(10-19-2)15(13)16-18/h4-5,9,11,14H,3,6-8,10H2,1-2H3. The van der Waals surface area contributed by atoms with Crippen LogP contribution < -0.4 is 0 Å². The van der Waals surface area contributed by atoms with Crippen molar-refractivity contribution < 1.29 is 4.74 Å². The Morgan fingerprint density at radius 2 is 2.40 bits per heavy atom. The predicted molar refractivity (Wildman–Crippen MR) is 81.0 cm³/mol. The molecule has 0 aliphatic carbocycles. The molecule has 0 bridgehead atoms. The number of aromatic nitrogens is 2. The van der Waals surface area contributed by atoms with Crippen LogP contribution in [0.5, 0.6) is 0 Å². The van der Waals surface area contributed by atoms with Gasteiger partial charge in [0.25, 0.3) is 0 Å². The Morgan fingerprint density at radius 1 is 1.50 bits per heavy atom. The quantitative estimate of drug-likeness (QED) is 0.848. The molecule has 3 heterocycles. The Hall–Kier alpha value is -1.17. The molecule has 2 aromatic heterocycles. The third kappa shape index (κ3) is 2.80. The molecule has 1 aliphatic rings. The number of ether oxygens (including phenoxy) is 1. The van der Waals surface area contributed by atoms with Gasteiger partial charge in [-0.2, -0.15) is 16.4 Å². The van der Waals surface area contributed by atoms with E-state index < -0.39 is 0 Å². The first kappa shape index (κ1) is 13.8. The van der Waals surface area contributed by atoms with Crippen molar-refractivity contribution >= 4 is 11.3 Å². The molecule has 5 heteroatoms. The molecule has 0 radical (unpaired) electrons. The van der Waals surface area contributed by atoms with Crippen LogP contribution in [0.4, 0.5) is 0 Å². The highest BCUT2D eigenvalue weighted by Gasteiger charge is 2.28. The molecule has 3 rings (SSSR count). The maximum Gasteiger partial charge on any atom is 0.0736 e. The van der Waals surface area contributed by atoms with E-state index in [0.29, 0.717) is 5.92 Å². The summed E-state index contributed by atoms with van der Waals surface area (Å²) in [5, 5.41) is 9.09. The minimum atomic E-state index is 0.384. The van der Waals surface area contributed by atoms with E-state index in [1.165, 1.54) is 16.8 Å². The van der Waals surface area contributed by atoms with Gasteiger partial charge in [0.05, 0.1) is 12.3 Å². The van der Waals surface area contributed by atoms with E-state index in [4.69, 9.17) is 9.84 Å². The summed E-state index contributed by atoms with van der Waals surface area (Å²) in [6, 6.07) is 2.21. The fourth-order valence-corrected chi connectivity index (χ4v) is 3.56. The highest BCUT2D eigenvalue weighted by Crippen LogP contribution is 2.28. The molecule has 20 heavy (non-hydrogen) atoms. The maximum atomic E-state index is 5.39. The minimum Gasteiger partial charge on any atom is -0.384 e. The molecule has 0 saturated carbocycles. The number of hydrogen-bond donors (Lipinski definition) is 0. The third-order valence-electron chi connectivity index (χ3n) is 3.81. The Bertz CT molecular complexity index is 549. The first-order valence-electron chi connectivity index (χ1n) is 7.08. The normalized spacial score (nSPS) is 19.2. The molecular formula is C15H21N3OS. The van der Waals surface area contributed by atoms with Gasteiger partial charge in [-0.25, -0.2) is 0 Å². The first-order valence-corrected chi connectivity index (χ1v) is 8.03. The van der Waals surface area contributed by atoms with Crippen molar-refractivity contribution in [1.29, 1.82) is 0 Å². The van der Waals surface area contributed by atoms with E-state index in [2.05, 4.69) is 34.8 Å². The molecule has 1 atom stereocenters. The Labute approximate surface area is 124 Å². The van der Waals surface area contributed by atoms with Crippen molar-refractivity contribution in [2.45, 2.75) is 32.5 Å². The molecule has 1 unspecified atom stereocenters. The van der Waals surface area contributed by atoms with Crippen LogP contribution in [0.25, 0.3) is 0 Å². The number of thiophene rings is 1. The van der Waals surface area contributed by atoms with Gasteiger partial charge in [0.1, 0.15) is 0 Å². The van der Waals surface area contributed by atoms with Crippen molar-refractivity contribution in [3.05, 3.63) is 39.8 Å². The zero-order chi connectivity index (χ0) is 13.9. The molecule has 2 aromatic rings. The van der Waals surface area contributed by atoms with Gasteiger partial charge in [0.15, 0.2) is 0 Å². The topological polar surface area (TPSA) is 30.3 Å². The van der Waals surface area contributed by atoms with Crippen LogP contribution in [0.1, 0.15) is 29.7 Å². The van der Waals surface area contributed by atoms with Gasteiger partial charge in [0.2, 0.25) is 0 Å². The van der Waals surface area contributed by atoms with Gasteiger partial charge >= 0.3 is 0 Å². The van der Waals surface area contributed by atoms with E-state index in [1.54, 1.807) is 18.4 Å². The van der Waals surface area contributed by atoms with Gasteiger partial charge in [-0.1, -0.05) is 0 Å². The predicted octanol–water partition coefficient (Wildman–Crippen LogP) is 2.71. The Morgan fingerprint density at radius 3 is 3.10 bits per heavy atom. The lowest BCUT2D eigenvalue weighted by atomic mass is 9.97. The lowest BCUT2D eigenvalue weighted by Gasteiger charge is -2.31. The lowest BCUT2D eigenvalue weighted by molar-refractivity contribution is 0.134. The summed E-state index contributed by atoms with van der Waals surface area (Å²) in [5.41, 5.74) is 3.99. The summed E-state index contributed by atoms with van der Waals surface area (Å²) < 4.78 is 7.43. The second-order valence-corrected chi connectivity index (χ2v) is 6.13. The lowest BCUT2D eigenvalue weighted by Crippen LogP contribution is -2.34. The number of fused-ring (bicyclic) bond motifs is 1. The highest BCUT2D eigenvalue weighted by atomic mass is 32.1. The number of aryl methyl sites for hydroxylation is 1. The van der Waals surface area contributed by atoms with Crippen LogP contribution in [-0.4, -0.2) is 34.9 Å². The highest BCUT2D eigenvalue weighted by molar-refractivity contribution is 7.07. The van der Waals surface area contributed by atoms with Crippen LogP contribution in [0.3, 0.4) is 0 Å². The van der Waals surface area contributed by atoms with E-state index in [9.17, 15) is 0 Å². The molecule has 0 saturated heterocycles. The van der Waals surface area contributed by atoms with Crippen LogP contribution in [0.2, 0.25) is 0 Å². The largest absolute Gasteiger partial charge is 0.384 e. The van der Waals surface area contributed by atoms with Crippen LogP contribution in [-0.2, 0) is 24.4 Å². The second-order valence-electron chi connectivity index (χ2n) is 5.35. The zero-order valence-electron chi connectivity index (χ0n) is 12.1.